The average Bonchev–Trinajstić information content (AvgIpc) is 2.39. The quantitative estimate of drug-likeness (QED) is 0.870. The van der Waals surface area contributed by atoms with Crippen molar-refractivity contribution < 1.29 is 13.0 Å². The summed E-state index contributed by atoms with van der Waals surface area (Å²) in [6.07, 6.45) is 1.21. The van der Waals surface area contributed by atoms with Crippen LogP contribution >= 0.6 is 0 Å². The summed E-state index contributed by atoms with van der Waals surface area (Å²) >= 11 is 0. The van der Waals surface area contributed by atoms with E-state index >= 15 is 0 Å². The van der Waals surface area contributed by atoms with Crippen LogP contribution in [0, 0.1) is 0 Å². The summed E-state index contributed by atoms with van der Waals surface area (Å²) in [5, 5.41) is 0.723. The standard InChI is InChI=1S/C13H16N2O3S/c1-3-15(4-2)13-10-7-5-6-8-11(10)14-9-12(13)19(16,17)18/h5-9H,3-4H2,1-2H3,(H,16,17,18). The average molecular weight is 280 g/mol. The highest BCUT2D eigenvalue weighted by Crippen LogP contribution is 2.32. The van der Waals surface area contributed by atoms with Crippen LogP contribution in [0.1, 0.15) is 13.8 Å². The van der Waals surface area contributed by atoms with Crippen LogP contribution in [0.4, 0.5) is 5.69 Å². The van der Waals surface area contributed by atoms with E-state index in [2.05, 4.69) is 4.98 Å². The zero-order valence-electron chi connectivity index (χ0n) is 10.9. The van der Waals surface area contributed by atoms with Gasteiger partial charge in [0.25, 0.3) is 10.1 Å². The second-order valence-corrected chi connectivity index (χ2v) is 5.53. The molecule has 0 saturated heterocycles. The molecule has 0 fully saturated rings. The minimum Gasteiger partial charge on any atom is -0.370 e. The molecule has 1 aromatic heterocycles. The van der Waals surface area contributed by atoms with E-state index < -0.39 is 10.1 Å². The third-order valence-electron chi connectivity index (χ3n) is 3.07. The van der Waals surface area contributed by atoms with E-state index in [1.165, 1.54) is 6.20 Å². The summed E-state index contributed by atoms with van der Waals surface area (Å²) in [6, 6.07) is 7.29. The number of aromatic nitrogens is 1. The van der Waals surface area contributed by atoms with Crippen LogP contribution in [0.25, 0.3) is 10.9 Å². The van der Waals surface area contributed by atoms with E-state index in [9.17, 15) is 13.0 Å². The lowest BCUT2D eigenvalue weighted by Crippen LogP contribution is -2.24. The lowest BCUT2D eigenvalue weighted by Gasteiger charge is -2.24. The predicted molar refractivity (Wildman–Crippen MR) is 75.1 cm³/mol. The maximum atomic E-state index is 11.5. The van der Waals surface area contributed by atoms with Gasteiger partial charge >= 0.3 is 0 Å². The summed E-state index contributed by atoms with van der Waals surface area (Å²) in [5.41, 5.74) is 1.22. The molecule has 0 aliphatic heterocycles. The van der Waals surface area contributed by atoms with Crippen molar-refractivity contribution in [3.05, 3.63) is 30.5 Å². The second kappa shape index (κ2) is 5.14. The van der Waals surface area contributed by atoms with E-state index in [1.54, 1.807) is 0 Å². The van der Waals surface area contributed by atoms with Crippen LogP contribution in [0.15, 0.2) is 35.4 Å². The van der Waals surface area contributed by atoms with Crippen LogP contribution in [0.2, 0.25) is 0 Å². The maximum absolute atomic E-state index is 11.5. The summed E-state index contributed by atoms with van der Waals surface area (Å²) in [5.74, 6) is 0. The number of para-hydroxylation sites is 1. The molecule has 0 bridgehead atoms. The van der Waals surface area contributed by atoms with Crippen molar-refractivity contribution in [1.29, 1.82) is 0 Å². The Kier molecular flexibility index (Phi) is 3.73. The zero-order valence-corrected chi connectivity index (χ0v) is 11.7. The molecule has 0 amide bonds. The number of rotatable bonds is 4. The van der Waals surface area contributed by atoms with Gasteiger partial charge in [-0.3, -0.25) is 9.54 Å². The molecule has 1 N–H and O–H groups in total. The van der Waals surface area contributed by atoms with E-state index in [4.69, 9.17) is 0 Å². The number of anilines is 1. The Morgan fingerprint density at radius 3 is 2.42 bits per heavy atom. The van der Waals surface area contributed by atoms with Gasteiger partial charge in [0.05, 0.1) is 17.4 Å². The van der Waals surface area contributed by atoms with Crippen molar-refractivity contribution in [3.63, 3.8) is 0 Å². The molecule has 0 aliphatic carbocycles. The first-order chi connectivity index (χ1) is 8.99. The van der Waals surface area contributed by atoms with Crippen molar-refractivity contribution in [2.24, 2.45) is 0 Å². The molecule has 1 aromatic carbocycles. The van der Waals surface area contributed by atoms with Gasteiger partial charge in [-0.1, -0.05) is 18.2 Å². The summed E-state index contributed by atoms with van der Waals surface area (Å²) in [7, 11) is -4.29. The van der Waals surface area contributed by atoms with Gasteiger partial charge in [-0.15, -0.1) is 0 Å². The molecule has 0 unspecified atom stereocenters. The molecule has 6 heteroatoms. The van der Waals surface area contributed by atoms with Crippen LogP contribution < -0.4 is 4.90 Å². The predicted octanol–water partition coefficient (Wildman–Crippen LogP) is 2.33. The molecule has 2 aromatic rings. The molecule has 1 heterocycles. The van der Waals surface area contributed by atoms with Crippen LogP contribution in [0.3, 0.4) is 0 Å². The van der Waals surface area contributed by atoms with Crippen molar-refractivity contribution >= 4 is 26.7 Å². The lowest BCUT2D eigenvalue weighted by atomic mass is 10.1. The molecule has 2 rings (SSSR count). The molecule has 19 heavy (non-hydrogen) atoms. The Balaban J connectivity index is 2.87. The van der Waals surface area contributed by atoms with E-state index in [0.29, 0.717) is 24.3 Å². The monoisotopic (exact) mass is 280 g/mol. The number of nitrogens with zero attached hydrogens (tertiary/aromatic N) is 2. The lowest BCUT2D eigenvalue weighted by molar-refractivity contribution is 0.483. The molecular formula is C13H16N2O3S. The SMILES string of the molecule is CCN(CC)c1c(S(=O)(=O)O)cnc2ccccc12. The zero-order chi connectivity index (χ0) is 14.0. The summed E-state index contributed by atoms with van der Waals surface area (Å²) < 4.78 is 32.4. The first-order valence-corrected chi connectivity index (χ1v) is 7.53. The van der Waals surface area contributed by atoms with Gasteiger partial charge in [-0.05, 0) is 19.9 Å². The van der Waals surface area contributed by atoms with Gasteiger partial charge in [-0.2, -0.15) is 8.42 Å². The van der Waals surface area contributed by atoms with Crippen LogP contribution in [0.5, 0.6) is 0 Å². The molecule has 0 saturated carbocycles. The number of benzene rings is 1. The summed E-state index contributed by atoms with van der Waals surface area (Å²) in [6.45, 7) is 5.17. The highest BCUT2D eigenvalue weighted by atomic mass is 32.2. The number of hydrogen-bond acceptors (Lipinski definition) is 4. The molecule has 0 atom stereocenters. The Bertz CT molecular complexity index is 694. The van der Waals surface area contributed by atoms with Gasteiger partial charge < -0.3 is 4.90 Å². The fourth-order valence-corrected chi connectivity index (χ4v) is 2.83. The van der Waals surface area contributed by atoms with E-state index in [-0.39, 0.29) is 4.90 Å². The van der Waals surface area contributed by atoms with Gasteiger partial charge in [0.2, 0.25) is 0 Å². The van der Waals surface area contributed by atoms with Crippen molar-refractivity contribution in [2.75, 3.05) is 18.0 Å². The number of pyridine rings is 1. The molecule has 0 radical (unpaired) electrons. The first-order valence-electron chi connectivity index (χ1n) is 6.09. The van der Waals surface area contributed by atoms with Crippen molar-refractivity contribution in [1.82, 2.24) is 4.98 Å². The molecular weight excluding hydrogens is 264 g/mol. The largest absolute Gasteiger partial charge is 0.370 e. The Morgan fingerprint density at radius 1 is 1.21 bits per heavy atom. The topological polar surface area (TPSA) is 70.5 Å². The fraction of sp³-hybridized carbons (Fsp3) is 0.308. The smallest absolute Gasteiger partial charge is 0.298 e. The van der Waals surface area contributed by atoms with Gasteiger partial charge in [0, 0.05) is 18.5 Å². The second-order valence-electron chi connectivity index (χ2n) is 4.14. The fourth-order valence-electron chi connectivity index (χ4n) is 2.16. The minimum absolute atomic E-state index is 0.144. The van der Waals surface area contributed by atoms with Crippen LogP contribution in [-0.4, -0.2) is 31.0 Å². The molecule has 0 aliphatic rings. The Hall–Kier alpha value is -1.66. The maximum Gasteiger partial charge on any atom is 0.298 e. The molecule has 102 valence electrons. The minimum atomic E-state index is -4.29. The normalized spacial score (nSPS) is 11.7. The third kappa shape index (κ3) is 2.54. The highest BCUT2D eigenvalue weighted by molar-refractivity contribution is 7.86. The Labute approximate surface area is 112 Å². The van der Waals surface area contributed by atoms with Gasteiger partial charge in [-0.25, -0.2) is 0 Å². The van der Waals surface area contributed by atoms with Crippen LogP contribution in [-0.2, 0) is 10.1 Å². The van der Waals surface area contributed by atoms with Gasteiger partial charge in [0.15, 0.2) is 0 Å². The number of hydrogen-bond donors (Lipinski definition) is 1. The summed E-state index contributed by atoms with van der Waals surface area (Å²) in [4.78, 5) is 5.85. The molecule has 0 spiro atoms. The molecule has 5 nitrogen and oxygen atoms in total. The van der Waals surface area contributed by atoms with Crippen molar-refractivity contribution in [3.8, 4) is 0 Å². The van der Waals surface area contributed by atoms with E-state index in [0.717, 1.165) is 5.39 Å². The first kappa shape index (κ1) is 13.8. The Morgan fingerprint density at radius 2 is 1.84 bits per heavy atom. The highest BCUT2D eigenvalue weighted by Gasteiger charge is 2.21. The third-order valence-corrected chi connectivity index (χ3v) is 3.93. The number of fused-ring (bicyclic) bond motifs is 1. The van der Waals surface area contributed by atoms with E-state index in [1.807, 2.05) is 43.0 Å². The van der Waals surface area contributed by atoms with Gasteiger partial charge in [0.1, 0.15) is 4.90 Å². The van der Waals surface area contributed by atoms with Crippen molar-refractivity contribution in [2.45, 2.75) is 18.7 Å².